The van der Waals surface area contributed by atoms with Crippen LogP contribution in [0, 0.1) is 6.92 Å². The molecular weight excluding hydrogens is 250 g/mol. The summed E-state index contributed by atoms with van der Waals surface area (Å²) in [6.45, 7) is 1.90. The van der Waals surface area contributed by atoms with E-state index in [2.05, 4.69) is 17.1 Å². The molecule has 0 unspecified atom stereocenters. The number of allylic oxidation sites excluding steroid dienone is 4. The summed E-state index contributed by atoms with van der Waals surface area (Å²) < 4.78 is 3.08. The van der Waals surface area contributed by atoms with Crippen molar-refractivity contribution in [1.29, 1.82) is 0 Å². The number of nitrogens with zero attached hydrogens (tertiary/aromatic N) is 3. The summed E-state index contributed by atoms with van der Waals surface area (Å²) in [6, 6.07) is 1.86. The average molecular weight is 262 g/mol. The Balaban J connectivity index is 2.35. The van der Waals surface area contributed by atoms with Crippen LogP contribution in [0.15, 0.2) is 35.3 Å². The van der Waals surface area contributed by atoms with E-state index in [9.17, 15) is 4.79 Å². The Hall–Kier alpha value is -1.81. The molecule has 0 aromatic carbocycles. The van der Waals surface area contributed by atoms with Gasteiger partial charge in [0.25, 0.3) is 0 Å². The molecule has 4 nitrogen and oxygen atoms in total. The molecule has 0 spiro atoms. The third-order valence-electron chi connectivity index (χ3n) is 3.05. The number of imidazole rings is 1. The molecule has 18 heavy (non-hydrogen) atoms. The summed E-state index contributed by atoms with van der Waals surface area (Å²) in [4.78, 5) is 16.6. The Bertz CT molecular complexity index is 737. The number of fused-ring (bicyclic) bond motifs is 1. The third kappa shape index (κ3) is 1.61. The highest BCUT2D eigenvalue weighted by molar-refractivity contribution is 6.29. The van der Waals surface area contributed by atoms with Gasteiger partial charge in [0.1, 0.15) is 10.8 Å². The zero-order valence-corrected chi connectivity index (χ0v) is 10.7. The first kappa shape index (κ1) is 11.3. The monoisotopic (exact) mass is 261 g/mol. The molecular formula is C13H12ClN3O. The molecule has 1 aliphatic rings. The normalized spacial score (nSPS) is 15.1. The lowest BCUT2D eigenvalue weighted by Gasteiger charge is -2.13. The molecule has 0 amide bonds. The van der Waals surface area contributed by atoms with Crippen molar-refractivity contribution in [3.8, 4) is 0 Å². The minimum atomic E-state index is -0.176. The van der Waals surface area contributed by atoms with E-state index in [-0.39, 0.29) is 5.69 Å². The van der Waals surface area contributed by atoms with Crippen LogP contribution >= 0.6 is 11.6 Å². The molecule has 0 N–H and O–H groups in total. The molecule has 0 radical (unpaired) electrons. The minimum Gasteiger partial charge on any atom is -0.267 e. The average Bonchev–Trinajstić information content (AvgIpc) is 2.72. The topological polar surface area (TPSA) is 39.3 Å². The second-order valence-corrected chi connectivity index (χ2v) is 4.67. The molecule has 2 aromatic rings. The maximum absolute atomic E-state index is 12.5. The van der Waals surface area contributed by atoms with Crippen molar-refractivity contribution < 1.29 is 0 Å². The lowest BCUT2D eigenvalue weighted by Crippen LogP contribution is -2.27. The van der Waals surface area contributed by atoms with Crippen LogP contribution in [0.5, 0.6) is 0 Å². The summed E-state index contributed by atoms with van der Waals surface area (Å²) in [6.07, 6.45) is 9.56. The van der Waals surface area contributed by atoms with Crippen molar-refractivity contribution in [2.45, 2.75) is 19.8 Å². The minimum absolute atomic E-state index is 0.176. The summed E-state index contributed by atoms with van der Waals surface area (Å²) in [7, 11) is 0. The first-order valence-electron chi connectivity index (χ1n) is 5.81. The van der Waals surface area contributed by atoms with Gasteiger partial charge in [-0.05, 0) is 25.8 Å². The number of halogens is 1. The Morgan fingerprint density at radius 1 is 1.39 bits per heavy atom. The van der Waals surface area contributed by atoms with Crippen LogP contribution in [0.25, 0.3) is 11.3 Å². The van der Waals surface area contributed by atoms with E-state index in [1.165, 1.54) is 10.6 Å². The highest BCUT2D eigenvalue weighted by atomic mass is 35.5. The van der Waals surface area contributed by atoms with Crippen molar-refractivity contribution in [2.24, 2.45) is 0 Å². The SMILES string of the molecule is Cc1cc2ncc(Cl)n2c(=O)n1C1=CCCC=C1. The van der Waals surface area contributed by atoms with E-state index < -0.39 is 0 Å². The number of rotatable bonds is 1. The summed E-state index contributed by atoms with van der Waals surface area (Å²) >= 11 is 5.99. The molecule has 0 saturated heterocycles. The highest BCUT2D eigenvalue weighted by Crippen LogP contribution is 2.17. The maximum Gasteiger partial charge on any atom is 0.339 e. The molecule has 5 heteroatoms. The summed E-state index contributed by atoms with van der Waals surface area (Å²) in [5.41, 5.74) is 2.16. The van der Waals surface area contributed by atoms with Crippen LogP contribution in [0.4, 0.5) is 0 Å². The van der Waals surface area contributed by atoms with Crippen molar-refractivity contribution in [3.05, 3.63) is 51.8 Å². The molecule has 2 heterocycles. The van der Waals surface area contributed by atoms with Gasteiger partial charge in [-0.3, -0.25) is 4.57 Å². The molecule has 1 aliphatic carbocycles. The highest BCUT2D eigenvalue weighted by Gasteiger charge is 2.12. The van der Waals surface area contributed by atoms with Crippen molar-refractivity contribution in [3.63, 3.8) is 0 Å². The van der Waals surface area contributed by atoms with Gasteiger partial charge in [0, 0.05) is 17.5 Å². The van der Waals surface area contributed by atoms with E-state index in [4.69, 9.17) is 11.6 Å². The van der Waals surface area contributed by atoms with Gasteiger partial charge in [-0.1, -0.05) is 23.8 Å². The van der Waals surface area contributed by atoms with Crippen LogP contribution in [-0.2, 0) is 0 Å². The van der Waals surface area contributed by atoms with Gasteiger partial charge in [-0.25, -0.2) is 14.2 Å². The smallest absolute Gasteiger partial charge is 0.267 e. The van der Waals surface area contributed by atoms with Gasteiger partial charge in [0.05, 0.1) is 6.20 Å². The Labute approximate surface area is 109 Å². The van der Waals surface area contributed by atoms with Gasteiger partial charge in [0.2, 0.25) is 0 Å². The number of aryl methyl sites for hydroxylation is 1. The van der Waals surface area contributed by atoms with Gasteiger partial charge in [0.15, 0.2) is 0 Å². The Morgan fingerprint density at radius 3 is 2.94 bits per heavy atom. The summed E-state index contributed by atoms with van der Waals surface area (Å²) in [5, 5.41) is 0.337. The van der Waals surface area contributed by atoms with Crippen molar-refractivity contribution in [1.82, 2.24) is 14.0 Å². The predicted octanol–water partition coefficient (Wildman–Crippen LogP) is 2.65. The van der Waals surface area contributed by atoms with E-state index in [1.54, 1.807) is 4.57 Å². The maximum atomic E-state index is 12.5. The first-order chi connectivity index (χ1) is 8.68. The molecule has 92 valence electrons. The number of aromatic nitrogens is 3. The first-order valence-corrected chi connectivity index (χ1v) is 6.19. The number of hydrogen-bond donors (Lipinski definition) is 0. The molecule has 0 aliphatic heterocycles. The van der Waals surface area contributed by atoms with Crippen molar-refractivity contribution >= 4 is 22.9 Å². The van der Waals surface area contributed by atoms with Crippen LogP contribution in [-0.4, -0.2) is 14.0 Å². The lowest BCUT2D eigenvalue weighted by atomic mass is 10.1. The second kappa shape index (κ2) is 4.14. The van der Waals surface area contributed by atoms with E-state index in [0.717, 1.165) is 24.2 Å². The Morgan fingerprint density at radius 2 is 2.22 bits per heavy atom. The molecule has 3 rings (SSSR count). The zero-order chi connectivity index (χ0) is 12.7. The standard InChI is InChI=1S/C13H12ClN3O/c1-9-7-12-15-8-11(14)17(12)13(18)16(9)10-5-3-2-4-6-10/h3,5-8H,2,4H2,1H3. The van der Waals surface area contributed by atoms with E-state index >= 15 is 0 Å². The van der Waals surface area contributed by atoms with Crippen LogP contribution in [0.1, 0.15) is 18.5 Å². The van der Waals surface area contributed by atoms with Crippen LogP contribution in [0.2, 0.25) is 5.15 Å². The molecule has 0 atom stereocenters. The fourth-order valence-corrected chi connectivity index (χ4v) is 2.42. The molecule has 2 aromatic heterocycles. The van der Waals surface area contributed by atoms with Crippen molar-refractivity contribution in [2.75, 3.05) is 0 Å². The Kier molecular flexibility index (Phi) is 2.59. The second-order valence-electron chi connectivity index (χ2n) is 4.29. The molecule has 0 fully saturated rings. The van der Waals surface area contributed by atoms with Gasteiger partial charge >= 0.3 is 5.69 Å². The van der Waals surface area contributed by atoms with Gasteiger partial charge < -0.3 is 0 Å². The van der Waals surface area contributed by atoms with Crippen LogP contribution in [0.3, 0.4) is 0 Å². The third-order valence-corrected chi connectivity index (χ3v) is 3.32. The largest absolute Gasteiger partial charge is 0.339 e. The lowest BCUT2D eigenvalue weighted by molar-refractivity contribution is 0.855. The fourth-order valence-electron chi connectivity index (χ4n) is 2.22. The molecule has 0 bridgehead atoms. The fraction of sp³-hybridized carbons (Fsp3) is 0.231. The zero-order valence-electron chi connectivity index (χ0n) is 9.93. The number of hydrogen-bond acceptors (Lipinski definition) is 2. The predicted molar refractivity (Wildman–Crippen MR) is 71.8 cm³/mol. The quantitative estimate of drug-likeness (QED) is 0.792. The van der Waals surface area contributed by atoms with Crippen LogP contribution < -0.4 is 5.69 Å². The molecule has 0 saturated carbocycles. The van der Waals surface area contributed by atoms with E-state index in [1.807, 2.05) is 19.1 Å². The van der Waals surface area contributed by atoms with E-state index in [0.29, 0.717) is 10.8 Å². The van der Waals surface area contributed by atoms with Gasteiger partial charge in [-0.15, -0.1) is 0 Å². The summed E-state index contributed by atoms with van der Waals surface area (Å²) in [5.74, 6) is 0. The van der Waals surface area contributed by atoms with Gasteiger partial charge in [-0.2, -0.15) is 0 Å².